The van der Waals surface area contributed by atoms with Gasteiger partial charge in [-0.05, 0) is 18.9 Å². The molecule has 0 aromatic heterocycles. The van der Waals surface area contributed by atoms with E-state index in [0.29, 0.717) is 18.4 Å². The number of benzene rings is 1. The van der Waals surface area contributed by atoms with Crippen LogP contribution in [0, 0.1) is 11.6 Å². The summed E-state index contributed by atoms with van der Waals surface area (Å²) < 4.78 is 26.1. The predicted octanol–water partition coefficient (Wildman–Crippen LogP) is 1.84. The number of hydrogen-bond donors (Lipinski definition) is 2. The van der Waals surface area contributed by atoms with Crippen molar-refractivity contribution >= 4 is 5.97 Å². The summed E-state index contributed by atoms with van der Waals surface area (Å²) in [6.45, 7) is 0. The van der Waals surface area contributed by atoms with Crippen molar-refractivity contribution < 1.29 is 18.7 Å². The topological polar surface area (TPSA) is 49.3 Å². The van der Waals surface area contributed by atoms with Gasteiger partial charge in [0, 0.05) is 17.7 Å². The zero-order valence-electron chi connectivity index (χ0n) is 8.41. The van der Waals surface area contributed by atoms with Crippen LogP contribution in [0.3, 0.4) is 0 Å². The summed E-state index contributed by atoms with van der Waals surface area (Å²) in [5, 5.41) is 11.6. The smallest absolute Gasteiger partial charge is 0.320 e. The highest BCUT2D eigenvalue weighted by atomic mass is 19.1. The molecule has 16 heavy (non-hydrogen) atoms. The summed E-state index contributed by atoms with van der Waals surface area (Å²) in [5.41, 5.74) is 0.324. The minimum atomic E-state index is -0.940. The molecule has 2 rings (SSSR count). The molecular weight excluding hydrogens is 216 g/mol. The SMILES string of the molecule is O=C(O)[C@@H]1CC[C@@H](c2ccc(F)cc2F)N1. The predicted molar refractivity (Wildman–Crippen MR) is 52.9 cm³/mol. The third kappa shape index (κ3) is 2.04. The Bertz CT molecular complexity index is 422. The molecule has 1 heterocycles. The first kappa shape index (κ1) is 11.0. The van der Waals surface area contributed by atoms with Crippen LogP contribution >= 0.6 is 0 Å². The van der Waals surface area contributed by atoms with Gasteiger partial charge in [-0.3, -0.25) is 10.1 Å². The lowest BCUT2D eigenvalue weighted by molar-refractivity contribution is -0.139. The van der Waals surface area contributed by atoms with Gasteiger partial charge in [0.2, 0.25) is 0 Å². The molecular formula is C11H11F2NO2. The van der Waals surface area contributed by atoms with E-state index < -0.39 is 23.6 Å². The molecule has 0 radical (unpaired) electrons. The average molecular weight is 227 g/mol. The van der Waals surface area contributed by atoms with Crippen molar-refractivity contribution in [2.75, 3.05) is 0 Å². The summed E-state index contributed by atoms with van der Waals surface area (Å²) in [7, 11) is 0. The summed E-state index contributed by atoms with van der Waals surface area (Å²) in [6, 6.07) is 2.35. The molecule has 2 atom stereocenters. The first-order valence-electron chi connectivity index (χ1n) is 5.01. The van der Waals surface area contributed by atoms with Crippen LogP contribution in [0.15, 0.2) is 18.2 Å². The lowest BCUT2D eigenvalue weighted by Crippen LogP contribution is -2.32. The van der Waals surface area contributed by atoms with Crippen molar-refractivity contribution in [1.29, 1.82) is 0 Å². The van der Waals surface area contributed by atoms with Gasteiger partial charge < -0.3 is 5.11 Å². The van der Waals surface area contributed by atoms with Crippen molar-refractivity contribution in [3.63, 3.8) is 0 Å². The van der Waals surface area contributed by atoms with E-state index in [9.17, 15) is 13.6 Å². The monoisotopic (exact) mass is 227 g/mol. The molecule has 1 aliphatic heterocycles. The van der Waals surface area contributed by atoms with E-state index in [0.717, 1.165) is 6.07 Å². The molecule has 5 heteroatoms. The van der Waals surface area contributed by atoms with E-state index in [1.54, 1.807) is 0 Å². The van der Waals surface area contributed by atoms with Gasteiger partial charge in [0.1, 0.15) is 17.7 Å². The average Bonchev–Trinajstić information content (AvgIpc) is 2.66. The minimum Gasteiger partial charge on any atom is -0.480 e. The van der Waals surface area contributed by atoms with Crippen LogP contribution in [0.25, 0.3) is 0 Å². The molecule has 1 aromatic carbocycles. The zero-order valence-corrected chi connectivity index (χ0v) is 8.41. The Labute approximate surface area is 91.1 Å². The molecule has 86 valence electrons. The van der Waals surface area contributed by atoms with Crippen LogP contribution in [-0.4, -0.2) is 17.1 Å². The fourth-order valence-corrected chi connectivity index (χ4v) is 1.97. The standard InChI is InChI=1S/C11H11F2NO2/c12-6-1-2-7(8(13)5-6)9-3-4-10(14-9)11(15)16/h1-2,5,9-10,14H,3-4H2,(H,15,16)/t9-,10-/m0/s1. The van der Waals surface area contributed by atoms with Crippen LogP contribution in [-0.2, 0) is 4.79 Å². The fraction of sp³-hybridized carbons (Fsp3) is 0.364. The highest BCUT2D eigenvalue weighted by Gasteiger charge is 2.30. The lowest BCUT2D eigenvalue weighted by Gasteiger charge is -2.13. The summed E-state index contributed by atoms with van der Waals surface area (Å²) in [5.74, 6) is -2.21. The van der Waals surface area contributed by atoms with E-state index in [1.165, 1.54) is 12.1 Å². The maximum atomic E-state index is 13.4. The molecule has 0 amide bonds. The minimum absolute atomic E-state index is 0.324. The maximum absolute atomic E-state index is 13.4. The van der Waals surface area contributed by atoms with Gasteiger partial charge >= 0.3 is 5.97 Å². The van der Waals surface area contributed by atoms with Gasteiger partial charge in [-0.1, -0.05) is 6.07 Å². The molecule has 0 aliphatic carbocycles. The lowest BCUT2D eigenvalue weighted by atomic mass is 10.0. The normalized spacial score (nSPS) is 24.6. The summed E-state index contributed by atoms with van der Waals surface area (Å²) in [6.07, 6.45) is 0.996. The Kier molecular flexibility index (Phi) is 2.87. The number of halogens is 2. The number of carboxylic acids is 1. The fourth-order valence-electron chi connectivity index (χ4n) is 1.97. The number of nitrogens with one attached hydrogen (secondary N) is 1. The third-order valence-electron chi connectivity index (χ3n) is 2.78. The highest BCUT2D eigenvalue weighted by molar-refractivity contribution is 5.73. The third-order valence-corrected chi connectivity index (χ3v) is 2.78. The second-order valence-corrected chi connectivity index (χ2v) is 3.85. The highest BCUT2D eigenvalue weighted by Crippen LogP contribution is 2.28. The Balaban J connectivity index is 2.17. The zero-order chi connectivity index (χ0) is 11.7. The molecule has 1 aliphatic rings. The van der Waals surface area contributed by atoms with Crippen LogP contribution < -0.4 is 5.32 Å². The van der Waals surface area contributed by atoms with Gasteiger partial charge in [-0.2, -0.15) is 0 Å². The Morgan fingerprint density at radius 1 is 1.38 bits per heavy atom. The molecule has 3 nitrogen and oxygen atoms in total. The van der Waals surface area contributed by atoms with Crippen molar-refractivity contribution in [2.24, 2.45) is 0 Å². The first-order valence-corrected chi connectivity index (χ1v) is 5.01. The van der Waals surface area contributed by atoms with Crippen molar-refractivity contribution in [2.45, 2.75) is 24.9 Å². The van der Waals surface area contributed by atoms with Gasteiger partial charge in [0.15, 0.2) is 0 Å². The molecule has 0 spiro atoms. The molecule has 1 fully saturated rings. The van der Waals surface area contributed by atoms with E-state index in [2.05, 4.69) is 5.32 Å². The number of aliphatic carboxylic acids is 1. The van der Waals surface area contributed by atoms with Gasteiger partial charge in [-0.15, -0.1) is 0 Å². The second-order valence-electron chi connectivity index (χ2n) is 3.85. The quantitative estimate of drug-likeness (QED) is 0.810. The van der Waals surface area contributed by atoms with Gasteiger partial charge in [0.05, 0.1) is 0 Å². The molecule has 0 unspecified atom stereocenters. The van der Waals surface area contributed by atoms with Crippen LogP contribution in [0.5, 0.6) is 0 Å². The molecule has 1 saturated heterocycles. The maximum Gasteiger partial charge on any atom is 0.320 e. The van der Waals surface area contributed by atoms with Crippen LogP contribution in [0.4, 0.5) is 8.78 Å². The number of rotatable bonds is 2. The Morgan fingerprint density at radius 2 is 2.12 bits per heavy atom. The van der Waals surface area contributed by atoms with Crippen molar-refractivity contribution in [1.82, 2.24) is 5.32 Å². The molecule has 0 bridgehead atoms. The molecule has 1 aromatic rings. The molecule has 0 saturated carbocycles. The van der Waals surface area contributed by atoms with Crippen molar-refractivity contribution in [3.8, 4) is 0 Å². The van der Waals surface area contributed by atoms with E-state index in [4.69, 9.17) is 5.11 Å². The summed E-state index contributed by atoms with van der Waals surface area (Å²) in [4.78, 5) is 10.7. The second kappa shape index (κ2) is 4.17. The van der Waals surface area contributed by atoms with Crippen molar-refractivity contribution in [3.05, 3.63) is 35.4 Å². The Hall–Kier alpha value is -1.49. The van der Waals surface area contributed by atoms with E-state index in [1.807, 2.05) is 0 Å². The van der Waals surface area contributed by atoms with E-state index >= 15 is 0 Å². The largest absolute Gasteiger partial charge is 0.480 e. The van der Waals surface area contributed by atoms with Gasteiger partial charge in [0.25, 0.3) is 0 Å². The number of carboxylic acid groups (broad SMARTS) is 1. The number of hydrogen-bond acceptors (Lipinski definition) is 2. The van der Waals surface area contributed by atoms with E-state index in [-0.39, 0.29) is 6.04 Å². The van der Waals surface area contributed by atoms with Crippen LogP contribution in [0.2, 0.25) is 0 Å². The number of carbonyl (C=O) groups is 1. The van der Waals surface area contributed by atoms with Gasteiger partial charge in [-0.25, -0.2) is 8.78 Å². The molecule has 2 N–H and O–H groups in total. The van der Waals surface area contributed by atoms with Crippen LogP contribution in [0.1, 0.15) is 24.4 Å². The summed E-state index contributed by atoms with van der Waals surface area (Å²) >= 11 is 0. The first-order chi connectivity index (χ1) is 7.58. The Morgan fingerprint density at radius 3 is 2.69 bits per heavy atom.